The summed E-state index contributed by atoms with van der Waals surface area (Å²) < 4.78 is 50.3. The largest absolute Gasteiger partial charge is 0.415 e. The Kier molecular flexibility index (Phi) is 10.5. The molecule has 0 heterocycles. The van der Waals surface area contributed by atoms with Crippen molar-refractivity contribution in [3.63, 3.8) is 0 Å². The van der Waals surface area contributed by atoms with Crippen LogP contribution in [0.25, 0.3) is 0 Å². The zero-order chi connectivity index (χ0) is 28.8. The number of hydroxylamine groups is 1. The van der Waals surface area contributed by atoms with Gasteiger partial charge in [0.1, 0.15) is 20.5 Å². The van der Waals surface area contributed by atoms with Crippen molar-refractivity contribution < 1.29 is 32.0 Å². The Morgan fingerprint density at radius 3 is 2.32 bits per heavy atom. The van der Waals surface area contributed by atoms with Crippen LogP contribution in [0.3, 0.4) is 0 Å². The van der Waals surface area contributed by atoms with Gasteiger partial charge in [-0.05, 0) is 42.8 Å². The van der Waals surface area contributed by atoms with E-state index in [-0.39, 0.29) is 30.1 Å². The van der Waals surface area contributed by atoms with Crippen molar-refractivity contribution >= 4 is 40.7 Å². The fraction of sp³-hybridized carbons (Fsp3) is 0.407. The van der Waals surface area contributed by atoms with Crippen LogP contribution in [0.15, 0.2) is 24.3 Å². The Labute approximate surface area is 225 Å². The fourth-order valence-electron chi connectivity index (χ4n) is 3.18. The molecule has 2 aromatic carbocycles. The van der Waals surface area contributed by atoms with Gasteiger partial charge in [0.25, 0.3) is 5.91 Å². The molecular formula is C27H35F3N2O4Si2. The summed E-state index contributed by atoms with van der Waals surface area (Å²) in [6.45, 7) is 16.0. The first-order chi connectivity index (χ1) is 17.5. The first kappa shape index (κ1) is 31.3. The minimum Gasteiger partial charge on any atom is -0.415 e. The molecule has 38 heavy (non-hydrogen) atoms. The molecular weight excluding hydrogens is 529 g/mol. The van der Waals surface area contributed by atoms with Crippen LogP contribution in [0.4, 0.5) is 24.5 Å². The summed E-state index contributed by atoms with van der Waals surface area (Å²) in [5.74, 6) is -1.80. The maximum Gasteiger partial charge on any atom is 0.277 e. The molecule has 0 aliphatic heterocycles. The van der Waals surface area contributed by atoms with E-state index in [0.29, 0.717) is 5.56 Å². The van der Waals surface area contributed by atoms with E-state index in [4.69, 9.17) is 9.26 Å². The molecule has 0 saturated heterocycles. The van der Waals surface area contributed by atoms with Crippen LogP contribution < -0.4 is 10.8 Å². The lowest BCUT2D eigenvalue weighted by Gasteiger charge is -2.32. The summed E-state index contributed by atoms with van der Waals surface area (Å²) in [5.41, 5.74) is 3.48. The Balaban J connectivity index is 2.36. The van der Waals surface area contributed by atoms with Crippen LogP contribution in [0.1, 0.15) is 47.1 Å². The minimum absolute atomic E-state index is 0.00193. The summed E-state index contributed by atoms with van der Waals surface area (Å²) in [7, 11) is -3.12. The van der Waals surface area contributed by atoms with Crippen LogP contribution in [-0.4, -0.2) is 42.0 Å². The first-order valence-corrected chi connectivity index (χ1v) is 18.5. The van der Waals surface area contributed by atoms with E-state index in [0.717, 1.165) is 12.1 Å². The molecule has 1 amide bonds. The number of carbonyl (C=O) groups is 2. The molecule has 1 unspecified atom stereocenters. The maximum absolute atomic E-state index is 15.0. The molecule has 0 bridgehead atoms. The summed E-state index contributed by atoms with van der Waals surface area (Å²) in [4.78, 5) is 29.6. The summed E-state index contributed by atoms with van der Waals surface area (Å²) >= 11 is 0. The predicted molar refractivity (Wildman–Crippen MR) is 148 cm³/mol. The average molecular weight is 565 g/mol. The SMILES string of the molecule is C[SiH](C)OC(CONC(=O)c1cc(C=O)c(F)c(F)c1Nc1ccc(C#C[Si](C)(C)C)cc1F)C(C)(C)C. The highest BCUT2D eigenvalue weighted by molar-refractivity contribution is 6.83. The topological polar surface area (TPSA) is 76.7 Å². The highest BCUT2D eigenvalue weighted by atomic mass is 28.3. The molecule has 2 aromatic rings. The van der Waals surface area contributed by atoms with Crippen molar-refractivity contribution in [1.82, 2.24) is 5.48 Å². The molecule has 2 rings (SSSR count). The predicted octanol–water partition coefficient (Wildman–Crippen LogP) is 5.97. The second-order valence-electron chi connectivity index (χ2n) is 11.2. The second-order valence-corrected chi connectivity index (χ2v) is 18.4. The zero-order valence-corrected chi connectivity index (χ0v) is 25.2. The number of hydrogen-bond donors (Lipinski definition) is 2. The van der Waals surface area contributed by atoms with Crippen molar-refractivity contribution in [2.24, 2.45) is 5.41 Å². The second kappa shape index (κ2) is 12.8. The minimum atomic E-state index is -1.69. The summed E-state index contributed by atoms with van der Waals surface area (Å²) in [6, 6.07) is 4.88. The van der Waals surface area contributed by atoms with Gasteiger partial charge in [-0.3, -0.25) is 14.4 Å². The molecule has 0 aliphatic rings. The zero-order valence-electron chi connectivity index (χ0n) is 23.0. The third-order valence-corrected chi connectivity index (χ3v) is 6.97. The van der Waals surface area contributed by atoms with Crippen LogP contribution in [0, 0.1) is 34.3 Å². The van der Waals surface area contributed by atoms with Gasteiger partial charge in [0.15, 0.2) is 27.0 Å². The molecule has 6 nitrogen and oxygen atoms in total. The van der Waals surface area contributed by atoms with Crippen molar-refractivity contribution in [2.45, 2.75) is 59.6 Å². The monoisotopic (exact) mass is 564 g/mol. The summed E-state index contributed by atoms with van der Waals surface area (Å²) in [6.07, 6.45) is -0.248. The van der Waals surface area contributed by atoms with Crippen LogP contribution in [0.2, 0.25) is 32.7 Å². The van der Waals surface area contributed by atoms with Crippen molar-refractivity contribution in [3.8, 4) is 11.5 Å². The van der Waals surface area contributed by atoms with E-state index in [1.54, 1.807) is 0 Å². The van der Waals surface area contributed by atoms with Crippen molar-refractivity contribution in [2.75, 3.05) is 11.9 Å². The lowest BCUT2D eigenvalue weighted by Crippen LogP contribution is -2.39. The number of halogens is 3. The van der Waals surface area contributed by atoms with Gasteiger partial charge in [0, 0.05) is 5.56 Å². The number of carbonyl (C=O) groups excluding carboxylic acids is 2. The number of benzene rings is 2. The Hall–Kier alpha value is -2.92. The number of amides is 1. The highest BCUT2D eigenvalue weighted by Gasteiger charge is 2.28. The third kappa shape index (κ3) is 8.84. The number of nitrogens with one attached hydrogen (secondary N) is 2. The van der Waals surface area contributed by atoms with Gasteiger partial charge in [-0.2, -0.15) is 0 Å². The maximum atomic E-state index is 15.0. The van der Waals surface area contributed by atoms with Crippen LogP contribution in [0.5, 0.6) is 0 Å². The third-order valence-electron chi connectivity index (χ3n) is 5.22. The quantitative estimate of drug-likeness (QED) is 0.170. The van der Waals surface area contributed by atoms with Gasteiger partial charge in [-0.25, -0.2) is 18.7 Å². The first-order valence-electron chi connectivity index (χ1n) is 12.2. The van der Waals surface area contributed by atoms with Gasteiger partial charge in [-0.15, -0.1) is 5.54 Å². The van der Waals surface area contributed by atoms with E-state index in [1.165, 1.54) is 12.1 Å². The molecule has 11 heteroatoms. The molecule has 2 N–H and O–H groups in total. The van der Waals surface area contributed by atoms with Crippen molar-refractivity contribution in [3.05, 3.63) is 58.4 Å². The van der Waals surface area contributed by atoms with Crippen molar-refractivity contribution in [1.29, 1.82) is 0 Å². The molecule has 0 spiro atoms. The lowest BCUT2D eigenvalue weighted by molar-refractivity contribution is -0.0390. The molecule has 0 fully saturated rings. The number of aldehydes is 1. The average Bonchev–Trinajstić information content (AvgIpc) is 2.80. The normalized spacial score (nSPS) is 12.5. The molecule has 0 aromatic heterocycles. The van der Waals surface area contributed by atoms with Crippen LogP contribution in [-0.2, 0) is 9.26 Å². The molecule has 0 saturated carbocycles. The number of anilines is 2. The van der Waals surface area contributed by atoms with E-state index in [9.17, 15) is 22.8 Å². The Morgan fingerprint density at radius 2 is 1.79 bits per heavy atom. The Bertz CT molecular complexity index is 1250. The van der Waals surface area contributed by atoms with E-state index >= 15 is 0 Å². The van der Waals surface area contributed by atoms with Gasteiger partial charge in [0.2, 0.25) is 0 Å². The van der Waals surface area contributed by atoms with E-state index < -0.39 is 57.3 Å². The van der Waals surface area contributed by atoms with Gasteiger partial charge < -0.3 is 9.74 Å². The van der Waals surface area contributed by atoms with E-state index in [1.807, 2.05) is 53.5 Å². The highest BCUT2D eigenvalue weighted by Crippen LogP contribution is 2.30. The van der Waals surface area contributed by atoms with Gasteiger partial charge in [-0.1, -0.05) is 46.3 Å². The van der Waals surface area contributed by atoms with E-state index in [2.05, 4.69) is 22.3 Å². The fourth-order valence-corrected chi connectivity index (χ4v) is 4.84. The number of rotatable bonds is 9. The van der Waals surface area contributed by atoms with Crippen LogP contribution >= 0.6 is 0 Å². The van der Waals surface area contributed by atoms with Gasteiger partial charge >= 0.3 is 0 Å². The number of hydrogen-bond acceptors (Lipinski definition) is 5. The lowest BCUT2D eigenvalue weighted by atomic mass is 9.90. The molecule has 0 radical (unpaired) electrons. The Morgan fingerprint density at radius 1 is 1.13 bits per heavy atom. The molecule has 1 atom stereocenters. The summed E-state index contributed by atoms with van der Waals surface area (Å²) in [5, 5.41) is 2.45. The smallest absolute Gasteiger partial charge is 0.277 e. The molecule has 206 valence electrons. The molecule has 0 aliphatic carbocycles. The van der Waals surface area contributed by atoms with Gasteiger partial charge in [0.05, 0.1) is 28.6 Å². The standard InChI is InChI=1S/C27H35F3N2O4Si2/c1-27(2,3)22(36-37(4)5)16-35-32-26(34)19-14-18(15-33)23(29)24(30)25(19)31-21-10-9-17(13-20(21)28)11-12-38(6,7)8/h9-10,13-15,22,31,37H,16H2,1-8H3,(H,32,34).